The number of fused-ring (bicyclic) bond motifs is 2. The molecule has 0 aromatic rings. The average molecular weight is 351 g/mol. The highest BCUT2D eigenvalue weighted by atomic mass is 16.2. The molecular weight excluding hydrogens is 312 g/mol. The Morgan fingerprint density at radius 2 is 1.68 bits per heavy atom. The molecule has 2 bridgehead atoms. The zero-order valence-corrected chi connectivity index (χ0v) is 16.9. The first-order chi connectivity index (χ1) is 11.8. The van der Waals surface area contributed by atoms with Crippen LogP contribution in [0.4, 0.5) is 0 Å². The lowest BCUT2D eigenvalue weighted by molar-refractivity contribution is -0.136. The van der Waals surface area contributed by atoms with Crippen LogP contribution in [-0.2, 0) is 9.59 Å². The van der Waals surface area contributed by atoms with Crippen LogP contribution in [-0.4, -0.2) is 34.8 Å². The highest BCUT2D eigenvalue weighted by Gasteiger charge is 2.42. The standard InChI is InChI=1S/C21H38N2O2/c1-6-17(14(3)4)13-20(24)22-15(5)10-16-11-18-8-9-19(12-16)23(18)21(25)7-2/h14-19H,6-13H2,1-5H3,(H,22,24)/t15?,16?,17-,18?,19?/m1/s1. The molecule has 0 radical (unpaired) electrons. The lowest BCUT2D eigenvalue weighted by Gasteiger charge is -2.39. The minimum Gasteiger partial charge on any atom is -0.354 e. The second-order valence-corrected chi connectivity index (χ2v) is 8.70. The van der Waals surface area contributed by atoms with Crippen molar-refractivity contribution in [1.82, 2.24) is 10.2 Å². The van der Waals surface area contributed by atoms with E-state index in [9.17, 15) is 9.59 Å². The number of piperidine rings is 1. The molecule has 144 valence electrons. The molecule has 2 fully saturated rings. The molecular formula is C21H38N2O2. The number of nitrogens with one attached hydrogen (secondary N) is 1. The molecule has 1 N–H and O–H groups in total. The monoisotopic (exact) mass is 350 g/mol. The van der Waals surface area contributed by atoms with Gasteiger partial charge < -0.3 is 10.2 Å². The topological polar surface area (TPSA) is 49.4 Å². The van der Waals surface area contributed by atoms with Gasteiger partial charge in [0.15, 0.2) is 0 Å². The second kappa shape index (κ2) is 9.05. The van der Waals surface area contributed by atoms with Crippen molar-refractivity contribution in [1.29, 1.82) is 0 Å². The average Bonchev–Trinajstić information content (AvgIpc) is 2.82. The molecule has 25 heavy (non-hydrogen) atoms. The highest BCUT2D eigenvalue weighted by molar-refractivity contribution is 5.77. The first-order valence-corrected chi connectivity index (χ1v) is 10.5. The van der Waals surface area contributed by atoms with Crippen molar-refractivity contribution in [3.63, 3.8) is 0 Å². The van der Waals surface area contributed by atoms with Crippen molar-refractivity contribution in [3.05, 3.63) is 0 Å². The third kappa shape index (κ3) is 5.21. The van der Waals surface area contributed by atoms with E-state index in [2.05, 4.69) is 37.9 Å². The van der Waals surface area contributed by atoms with Crippen molar-refractivity contribution in [3.8, 4) is 0 Å². The van der Waals surface area contributed by atoms with Crippen LogP contribution in [0.1, 0.15) is 86.0 Å². The molecule has 4 atom stereocenters. The van der Waals surface area contributed by atoms with E-state index in [1.165, 1.54) is 12.8 Å². The Morgan fingerprint density at radius 1 is 1.08 bits per heavy atom. The van der Waals surface area contributed by atoms with E-state index >= 15 is 0 Å². The Balaban J connectivity index is 1.79. The molecule has 4 nitrogen and oxygen atoms in total. The van der Waals surface area contributed by atoms with Gasteiger partial charge in [-0.2, -0.15) is 0 Å². The largest absolute Gasteiger partial charge is 0.354 e. The third-order valence-electron chi connectivity index (χ3n) is 6.43. The van der Waals surface area contributed by atoms with Crippen LogP contribution < -0.4 is 5.32 Å². The summed E-state index contributed by atoms with van der Waals surface area (Å²) in [5.41, 5.74) is 0. The summed E-state index contributed by atoms with van der Waals surface area (Å²) >= 11 is 0. The van der Waals surface area contributed by atoms with Crippen molar-refractivity contribution in [2.75, 3.05) is 0 Å². The number of carbonyl (C=O) groups is 2. The van der Waals surface area contributed by atoms with Crippen molar-refractivity contribution in [2.45, 2.75) is 104 Å². The Hall–Kier alpha value is -1.06. The van der Waals surface area contributed by atoms with Gasteiger partial charge in [0.2, 0.25) is 11.8 Å². The fourth-order valence-corrected chi connectivity index (χ4v) is 5.05. The molecule has 4 heteroatoms. The fraction of sp³-hybridized carbons (Fsp3) is 0.905. The van der Waals surface area contributed by atoms with E-state index in [0.29, 0.717) is 48.6 Å². The van der Waals surface area contributed by atoms with E-state index in [-0.39, 0.29) is 11.9 Å². The highest BCUT2D eigenvalue weighted by Crippen LogP contribution is 2.40. The van der Waals surface area contributed by atoms with Gasteiger partial charge in [-0.05, 0) is 56.8 Å². The summed E-state index contributed by atoms with van der Waals surface area (Å²) in [6, 6.07) is 1.13. The van der Waals surface area contributed by atoms with Crippen molar-refractivity contribution >= 4 is 11.8 Å². The minimum atomic E-state index is 0.203. The Labute approximate surface area is 154 Å². The van der Waals surface area contributed by atoms with Crippen LogP contribution in [0.3, 0.4) is 0 Å². The van der Waals surface area contributed by atoms with Gasteiger partial charge in [0.1, 0.15) is 0 Å². The molecule has 2 heterocycles. The number of carbonyl (C=O) groups excluding carboxylic acids is 2. The van der Waals surface area contributed by atoms with Gasteiger partial charge in [0, 0.05) is 31.0 Å². The summed E-state index contributed by atoms with van der Waals surface area (Å²) in [5.74, 6) is 2.20. The van der Waals surface area contributed by atoms with Crippen molar-refractivity contribution < 1.29 is 9.59 Å². The van der Waals surface area contributed by atoms with Gasteiger partial charge in [-0.15, -0.1) is 0 Å². The van der Waals surface area contributed by atoms with Crippen LogP contribution in [0.25, 0.3) is 0 Å². The van der Waals surface area contributed by atoms with E-state index in [1.807, 2.05) is 6.92 Å². The summed E-state index contributed by atoms with van der Waals surface area (Å²) < 4.78 is 0. The number of amides is 2. The van der Waals surface area contributed by atoms with E-state index in [1.54, 1.807) is 0 Å². The van der Waals surface area contributed by atoms with E-state index in [0.717, 1.165) is 25.7 Å². The zero-order chi connectivity index (χ0) is 18.6. The predicted octanol–water partition coefficient (Wildman–Crippen LogP) is 4.13. The number of nitrogens with zero attached hydrogens (tertiary/aromatic N) is 1. The normalized spacial score (nSPS) is 28.1. The molecule has 0 aromatic carbocycles. The van der Waals surface area contributed by atoms with Crippen LogP contribution >= 0.6 is 0 Å². The van der Waals surface area contributed by atoms with Gasteiger partial charge in [-0.1, -0.05) is 34.1 Å². The summed E-state index contributed by atoms with van der Waals surface area (Å²) in [5, 5.41) is 3.22. The molecule has 0 aromatic heterocycles. The zero-order valence-electron chi connectivity index (χ0n) is 16.9. The summed E-state index contributed by atoms with van der Waals surface area (Å²) in [7, 11) is 0. The van der Waals surface area contributed by atoms with Crippen LogP contribution in [0.15, 0.2) is 0 Å². The molecule has 2 amide bonds. The second-order valence-electron chi connectivity index (χ2n) is 8.70. The lowest BCUT2D eigenvalue weighted by Crippen LogP contribution is -2.47. The molecule has 2 rings (SSSR count). The summed E-state index contributed by atoms with van der Waals surface area (Å²) in [4.78, 5) is 26.7. The van der Waals surface area contributed by atoms with E-state index in [4.69, 9.17) is 0 Å². The fourth-order valence-electron chi connectivity index (χ4n) is 5.05. The minimum absolute atomic E-state index is 0.203. The molecule has 2 saturated heterocycles. The van der Waals surface area contributed by atoms with Crippen molar-refractivity contribution in [2.24, 2.45) is 17.8 Å². The molecule has 3 unspecified atom stereocenters. The third-order valence-corrected chi connectivity index (χ3v) is 6.43. The Kier molecular flexibility index (Phi) is 7.33. The van der Waals surface area contributed by atoms with Crippen LogP contribution in [0, 0.1) is 17.8 Å². The molecule has 0 aliphatic carbocycles. The van der Waals surface area contributed by atoms with Gasteiger partial charge in [-0.3, -0.25) is 9.59 Å². The number of hydrogen-bond donors (Lipinski definition) is 1. The maximum absolute atomic E-state index is 12.3. The Morgan fingerprint density at radius 3 is 2.16 bits per heavy atom. The van der Waals surface area contributed by atoms with Gasteiger partial charge in [0.25, 0.3) is 0 Å². The van der Waals surface area contributed by atoms with E-state index < -0.39 is 0 Å². The quantitative estimate of drug-likeness (QED) is 0.715. The maximum Gasteiger partial charge on any atom is 0.222 e. The van der Waals surface area contributed by atoms with Gasteiger partial charge in [0.05, 0.1) is 0 Å². The van der Waals surface area contributed by atoms with Crippen LogP contribution in [0.2, 0.25) is 0 Å². The maximum atomic E-state index is 12.3. The van der Waals surface area contributed by atoms with Crippen LogP contribution in [0.5, 0.6) is 0 Å². The first kappa shape index (κ1) is 20.3. The molecule has 0 saturated carbocycles. The lowest BCUT2D eigenvalue weighted by atomic mass is 9.85. The molecule has 0 spiro atoms. The smallest absolute Gasteiger partial charge is 0.222 e. The summed E-state index contributed by atoms with van der Waals surface area (Å²) in [6.45, 7) is 10.7. The molecule has 2 aliphatic rings. The van der Waals surface area contributed by atoms with Gasteiger partial charge in [-0.25, -0.2) is 0 Å². The molecule has 2 aliphatic heterocycles. The van der Waals surface area contributed by atoms with Gasteiger partial charge >= 0.3 is 0 Å². The number of hydrogen-bond acceptors (Lipinski definition) is 2. The first-order valence-electron chi connectivity index (χ1n) is 10.5. The predicted molar refractivity (Wildman–Crippen MR) is 102 cm³/mol. The Bertz CT molecular complexity index is 449. The number of rotatable bonds is 8. The SMILES string of the molecule is CCC(=O)N1C2CCC1CC(CC(C)NC(=O)C[C@@H](CC)C(C)C)C2. The summed E-state index contributed by atoms with van der Waals surface area (Å²) in [6.07, 6.45) is 7.95.